The van der Waals surface area contributed by atoms with E-state index in [1.807, 2.05) is 6.92 Å². The molecule has 21 heavy (non-hydrogen) atoms. The molecular weight excluding hydrogens is 282 g/mol. The van der Waals surface area contributed by atoms with Gasteiger partial charge in [-0.3, -0.25) is 0 Å². The average Bonchev–Trinajstić information content (AvgIpc) is 2.45. The van der Waals surface area contributed by atoms with Crippen LogP contribution in [0.4, 0.5) is 8.78 Å². The van der Waals surface area contributed by atoms with Gasteiger partial charge in [0.15, 0.2) is 11.5 Å². The van der Waals surface area contributed by atoms with Gasteiger partial charge in [0.2, 0.25) is 0 Å². The van der Waals surface area contributed by atoms with Crippen LogP contribution >= 0.6 is 0 Å². The second kappa shape index (κ2) is 8.79. The van der Waals surface area contributed by atoms with Crippen LogP contribution in [0.2, 0.25) is 0 Å². The van der Waals surface area contributed by atoms with Crippen LogP contribution in [0.1, 0.15) is 31.9 Å². The highest BCUT2D eigenvalue weighted by atomic mass is 19.3. The molecule has 0 aliphatic rings. The largest absolute Gasteiger partial charge is 0.490 e. The molecular formula is C15H22F2O4. The van der Waals surface area contributed by atoms with Crippen molar-refractivity contribution in [3.05, 3.63) is 23.8 Å². The zero-order valence-electron chi connectivity index (χ0n) is 12.5. The molecule has 2 atom stereocenters. The van der Waals surface area contributed by atoms with Crippen LogP contribution in [0.5, 0.6) is 11.5 Å². The van der Waals surface area contributed by atoms with Crippen molar-refractivity contribution in [2.24, 2.45) is 5.92 Å². The minimum Gasteiger partial charge on any atom is -0.490 e. The lowest BCUT2D eigenvalue weighted by Gasteiger charge is -2.20. The van der Waals surface area contributed by atoms with Gasteiger partial charge in [0.05, 0.1) is 12.7 Å². The van der Waals surface area contributed by atoms with Gasteiger partial charge in [-0.25, -0.2) is 0 Å². The first-order chi connectivity index (χ1) is 9.99. The van der Waals surface area contributed by atoms with Gasteiger partial charge in [0, 0.05) is 13.7 Å². The number of methoxy groups -OCH3 is 1. The summed E-state index contributed by atoms with van der Waals surface area (Å²) in [5.41, 5.74) is 0.601. The van der Waals surface area contributed by atoms with Crippen LogP contribution in [0.25, 0.3) is 0 Å². The molecule has 0 aliphatic carbocycles. The van der Waals surface area contributed by atoms with Crippen LogP contribution in [-0.4, -0.2) is 32.0 Å². The van der Waals surface area contributed by atoms with Crippen molar-refractivity contribution in [3.63, 3.8) is 0 Å². The third-order valence-corrected chi connectivity index (χ3v) is 3.14. The Morgan fingerprint density at radius 2 is 1.95 bits per heavy atom. The second-order valence-electron chi connectivity index (χ2n) is 4.72. The SMILES string of the molecule is CCOc1cc(C(O)C(C)CCOC)ccc1OC(F)F. The smallest absolute Gasteiger partial charge is 0.387 e. The highest BCUT2D eigenvalue weighted by molar-refractivity contribution is 5.43. The lowest BCUT2D eigenvalue weighted by Crippen LogP contribution is -2.12. The van der Waals surface area contributed by atoms with Gasteiger partial charge in [-0.2, -0.15) is 8.78 Å². The Balaban J connectivity index is 2.90. The van der Waals surface area contributed by atoms with Crippen LogP contribution in [0.15, 0.2) is 18.2 Å². The van der Waals surface area contributed by atoms with Crippen LogP contribution in [-0.2, 0) is 4.74 Å². The van der Waals surface area contributed by atoms with Crippen molar-refractivity contribution in [1.29, 1.82) is 0 Å². The Kier molecular flexibility index (Phi) is 7.39. The molecule has 0 amide bonds. The molecule has 0 saturated heterocycles. The minimum absolute atomic E-state index is 0.0266. The molecule has 0 fully saturated rings. The van der Waals surface area contributed by atoms with E-state index in [1.54, 1.807) is 20.1 Å². The number of hydrogen-bond acceptors (Lipinski definition) is 4. The third kappa shape index (κ3) is 5.47. The summed E-state index contributed by atoms with van der Waals surface area (Å²) in [6.07, 6.45) is -0.0309. The fraction of sp³-hybridized carbons (Fsp3) is 0.600. The molecule has 120 valence electrons. The molecule has 0 spiro atoms. The van der Waals surface area contributed by atoms with E-state index < -0.39 is 12.7 Å². The van der Waals surface area contributed by atoms with Crippen molar-refractivity contribution in [3.8, 4) is 11.5 Å². The number of aliphatic hydroxyl groups excluding tert-OH is 1. The molecule has 4 nitrogen and oxygen atoms in total. The molecule has 0 saturated carbocycles. The summed E-state index contributed by atoms with van der Waals surface area (Å²) in [5.74, 6) is 0.141. The third-order valence-electron chi connectivity index (χ3n) is 3.14. The quantitative estimate of drug-likeness (QED) is 0.759. The topological polar surface area (TPSA) is 47.9 Å². The van der Waals surface area contributed by atoms with E-state index in [2.05, 4.69) is 4.74 Å². The number of benzene rings is 1. The number of halogens is 2. The van der Waals surface area contributed by atoms with Gasteiger partial charge in [-0.15, -0.1) is 0 Å². The molecule has 0 bridgehead atoms. The predicted octanol–water partition coefficient (Wildman–Crippen LogP) is 3.39. The number of hydrogen-bond donors (Lipinski definition) is 1. The minimum atomic E-state index is -2.92. The van der Waals surface area contributed by atoms with Crippen molar-refractivity contribution >= 4 is 0 Å². The summed E-state index contributed by atoms with van der Waals surface area (Å²) in [5, 5.41) is 10.3. The standard InChI is InChI=1S/C15H22F2O4/c1-4-20-13-9-11(5-6-12(13)21-15(16)17)14(18)10(2)7-8-19-3/h5-6,9-10,14-15,18H,4,7-8H2,1-3H3. The molecule has 6 heteroatoms. The van der Waals surface area contributed by atoms with Gasteiger partial charge in [-0.05, 0) is 37.0 Å². The maximum Gasteiger partial charge on any atom is 0.387 e. The number of ether oxygens (including phenoxy) is 3. The molecule has 1 aromatic rings. The van der Waals surface area contributed by atoms with Gasteiger partial charge in [0.25, 0.3) is 0 Å². The summed E-state index contributed by atoms with van der Waals surface area (Å²) in [6.45, 7) is 1.59. The monoisotopic (exact) mass is 304 g/mol. The van der Waals surface area contributed by atoms with E-state index in [9.17, 15) is 13.9 Å². The average molecular weight is 304 g/mol. The Hall–Kier alpha value is -1.40. The highest BCUT2D eigenvalue weighted by Crippen LogP contribution is 2.34. The van der Waals surface area contributed by atoms with Crippen molar-refractivity contribution in [1.82, 2.24) is 0 Å². The van der Waals surface area contributed by atoms with E-state index in [-0.39, 0.29) is 17.4 Å². The molecule has 1 aromatic carbocycles. The Morgan fingerprint density at radius 3 is 2.52 bits per heavy atom. The first-order valence-corrected chi connectivity index (χ1v) is 6.88. The number of aliphatic hydroxyl groups is 1. The van der Waals surface area contributed by atoms with E-state index in [0.717, 1.165) is 0 Å². The summed E-state index contributed by atoms with van der Waals surface area (Å²) in [4.78, 5) is 0. The number of rotatable bonds is 9. The van der Waals surface area contributed by atoms with E-state index in [1.165, 1.54) is 12.1 Å². The van der Waals surface area contributed by atoms with E-state index in [4.69, 9.17) is 9.47 Å². The zero-order valence-corrected chi connectivity index (χ0v) is 12.5. The maximum atomic E-state index is 12.3. The molecule has 0 radical (unpaired) electrons. The lowest BCUT2D eigenvalue weighted by atomic mass is 9.94. The molecule has 1 N–H and O–H groups in total. The molecule has 0 heterocycles. The van der Waals surface area contributed by atoms with Gasteiger partial charge in [-0.1, -0.05) is 13.0 Å². The number of alkyl halides is 2. The summed E-state index contributed by atoms with van der Waals surface area (Å²) in [7, 11) is 1.60. The zero-order chi connectivity index (χ0) is 15.8. The fourth-order valence-electron chi connectivity index (χ4n) is 1.96. The Bertz CT molecular complexity index is 426. The summed E-state index contributed by atoms with van der Waals surface area (Å²) >= 11 is 0. The maximum absolute atomic E-state index is 12.3. The first-order valence-electron chi connectivity index (χ1n) is 6.88. The summed E-state index contributed by atoms with van der Waals surface area (Å²) < 4.78 is 39.3. The predicted molar refractivity (Wildman–Crippen MR) is 74.9 cm³/mol. The highest BCUT2D eigenvalue weighted by Gasteiger charge is 2.19. The van der Waals surface area contributed by atoms with Crippen LogP contribution in [0.3, 0.4) is 0 Å². The van der Waals surface area contributed by atoms with Gasteiger partial charge < -0.3 is 19.3 Å². The van der Waals surface area contributed by atoms with Crippen molar-refractivity contribution in [2.75, 3.05) is 20.3 Å². The lowest BCUT2D eigenvalue weighted by molar-refractivity contribution is -0.0514. The van der Waals surface area contributed by atoms with Gasteiger partial charge in [0.1, 0.15) is 0 Å². The Morgan fingerprint density at radius 1 is 1.24 bits per heavy atom. The van der Waals surface area contributed by atoms with Crippen molar-refractivity contribution in [2.45, 2.75) is 33.0 Å². The first kappa shape index (κ1) is 17.7. The molecule has 0 aromatic heterocycles. The van der Waals surface area contributed by atoms with E-state index >= 15 is 0 Å². The van der Waals surface area contributed by atoms with Crippen LogP contribution in [0, 0.1) is 5.92 Å². The Labute approximate surface area is 123 Å². The molecule has 0 aliphatic heterocycles. The molecule has 2 unspecified atom stereocenters. The molecule has 1 rings (SSSR count). The second-order valence-corrected chi connectivity index (χ2v) is 4.72. The normalized spacial score (nSPS) is 14.0. The summed E-state index contributed by atoms with van der Waals surface area (Å²) in [6, 6.07) is 4.49. The van der Waals surface area contributed by atoms with Crippen molar-refractivity contribution < 1.29 is 28.1 Å². The van der Waals surface area contributed by atoms with Crippen LogP contribution < -0.4 is 9.47 Å². The fourth-order valence-corrected chi connectivity index (χ4v) is 1.96. The van der Waals surface area contributed by atoms with E-state index in [0.29, 0.717) is 25.2 Å². The van der Waals surface area contributed by atoms with Gasteiger partial charge >= 0.3 is 6.61 Å².